The monoisotopic (exact) mass is 710 g/mol. The molecule has 0 fully saturated rings. The fourth-order valence-corrected chi connectivity index (χ4v) is 7.37. The van der Waals surface area contributed by atoms with Gasteiger partial charge >= 0.3 is 18.0 Å². The first-order chi connectivity index (χ1) is 24.3. The van der Waals surface area contributed by atoms with E-state index in [2.05, 4.69) is 47.0 Å². The number of ether oxygens (including phenoxy) is 3. The molecule has 0 aromatic heterocycles. The lowest BCUT2D eigenvalue weighted by atomic mass is 9.84. The van der Waals surface area contributed by atoms with Gasteiger partial charge in [0, 0.05) is 24.8 Å². The van der Waals surface area contributed by atoms with Gasteiger partial charge in [-0.2, -0.15) is 0 Å². The van der Waals surface area contributed by atoms with Gasteiger partial charge in [0.15, 0.2) is 0 Å². The van der Waals surface area contributed by atoms with E-state index in [-0.39, 0.29) is 19.6 Å². The van der Waals surface area contributed by atoms with Crippen LogP contribution in [0, 0.1) is 0 Å². The van der Waals surface area contributed by atoms with E-state index in [0.29, 0.717) is 17.0 Å². The molecule has 0 radical (unpaired) electrons. The van der Waals surface area contributed by atoms with Crippen molar-refractivity contribution in [2.24, 2.45) is 0 Å². The Morgan fingerprint density at radius 3 is 1.57 bits per heavy atom. The lowest BCUT2D eigenvalue weighted by Crippen LogP contribution is -2.62. The van der Waals surface area contributed by atoms with Gasteiger partial charge in [-0.25, -0.2) is 14.4 Å². The number of hydrogen-bond acceptors (Lipinski definition) is 8. The van der Waals surface area contributed by atoms with Crippen molar-refractivity contribution in [3.05, 3.63) is 137 Å². The molecule has 4 aromatic carbocycles. The molecule has 4 rings (SSSR count). The summed E-state index contributed by atoms with van der Waals surface area (Å²) in [4.78, 5) is 52.4. The molecule has 268 valence electrons. The van der Waals surface area contributed by atoms with Crippen LogP contribution in [0.1, 0.15) is 69.4 Å². The van der Waals surface area contributed by atoms with Gasteiger partial charge < -0.3 is 19.5 Å². The molecule has 9 nitrogen and oxygen atoms in total. The minimum absolute atomic E-state index is 0.0207. The zero-order valence-corrected chi connectivity index (χ0v) is 30.8. The van der Waals surface area contributed by atoms with E-state index in [9.17, 15) is 19.2 Å². The predicted molar refractivity (Wildman–Crippen MR) is 200 cm³/mol. The van der Waals surface area contributed by atoms with E-state index in [4.69, 9.17) is 14.2 Å². The van der Waals surface area contributed by atoms with E-state index in [1.165, 1.54) is 6.92 Å². The molecule has 0 unspecified atom stereocenters. The second kappa shape index (κ2) is 17.2. The standard InChI is InChI=1S/C41H46N2O7S/c1-7-48-36(45)40(43-29(3)44,37(46)49-8-2)27-30-24-25-31(35(26-30)42-38(47)50-39(4,5)6)28-51-41(32-18-12-9-13-19-32,33-20-14-10-15-21-33)34-22-16-11-17-23-34/h9-26H,7-8,27-28H2,1-6H3,(H,42,47)(H,43,44). The van der Waals surface area contributed by atoms with Gasteiger partial charge in [-0.3, -0.25) is 10.1 Å². The first-order valence-electron chi connectivity index (χ1n) is 16.9. The van der Waals surface area contributed by atoms with Crippen molar-refractivity contribution < 1.29 is 33.4 Å². The molecule has 2 N–H and O–H groups in total. The Morgan fingerprint density at radius 2 is 1.16 bits per heavy atom. The summed E-state index contributed by atoms with van der Waals surface area (Å²) in [6, 6.07) is 36.1. The van der Waals surface area contributed by atoms with E-state index in [0.717, 1.165) is 22.3 Å². The lowest BCUT2D eigenvalue weighted by molar-refractivity contribution is -0.168. The second-order valence-electron chi connectivity index (χ2n) is 12.9. The van der Waals surface area contributed by atoms with Crippen LogP contribution >= 0.6 is 11.8 Å². The number of esters is 2. The van der Waals surface area contributed by atoms with Crippen molar-refractivity contribution in [3.8, 4) is 0 Å². The van der Waals surface area contributed by atoms with Crippen molar-refractivity contribution >= 4 is 41.4 Å². The van der Waals surface area contributed by atoms with Crippen LogP contribution in [0.3, 0.4) is 0 Å². The Hall–Kier alpha value is -5.09. The highest BCUT2D eigenvalue weighted by molar-refractivity contribution is 7.99. The average molecular weight is 711 g/mol. The number of thioether (sulfide) groups is 1. The topological polar surface area (TPSA) is 120 Å². The number of carbonyl (C=O) groups is 4. The van der Waals surface area contributed by atoms with Gasteiger partial charge in [0.2, 0.25) is 11.4 Å². The third kappa shape index (κ3) is 9.58. The zero-order valence-electron chi connectivity index (χ0n) is 30.0. The Balaban J connectivity index is 1.85. The number of hydrogen-bond donors (Lipinski definition) is 2. The highest BCUT2D eigenvalue weighted by Gasteiger charge is 2.50. The Morgan fingerprint density at radius 1 is 0.686 bits per heavy atom. The van der Waals surface area contributed by atoms with Crippen LogP contribution in [0.4, 0.5) is 10.5 Å². The largest absolute Gasteiger partial charge is 0.464 e. The first-order valence-corrected chi connectivity index (χ1v) is 17.9. The van der Waals surface area contributed by atoms with E-state index >= 15 is 0 Å². The summed E-state index contributed by atoms with van der Waals surface area (Å²) in [6.07, 6.45) is -0.960. The van der Waals surface area contributed by atoms with Gasteiger partial charge in [-0.05, 0) is 68.5 Å². The molecule has 4 aromatic rings. The number of nitrogens with one attached hydrogen (secondary N) is 2. The molecule has 0 atom stereocenters. The second-order valence-corrected chi connectivity index (χ2v) is 14.1. The summed E-state index contributed by atoms with van der Waals surface area (Å²) in [7, 11) is 0. The zero-order chi connectivity index (χ0) is 37.1. The van der Waals surface area contributed by atoms with Crippen molar-refractivity contribution in [2.75, 3.05) is 18.5 Å². The van der Waals surface area contributed by atoms with Gasteiger partial charge in [-0.1, -0.05) is 103 Å². The molecular formula is C41H46N2O7S. The van der Waals surface area contributed by atoms with Crippen LogP contribution in [0.5, 0.6) is 0 Å². The summed E-state index contributed by atoms with van der Waals surface area (Å²) < 4.78 is 15.5. The van der Waals surface area contributed by atoms with Gasteiger partial charge in [0.05, 0.1) is 18.0 Å². The number of benzene rings is 4. The molecule has 0 aliphatic carbocycles. The maximum atomic E-state index is 13.4. The van der Waals surface area contributed by atoms with Crippen molar-refractivity contribution in [1.29, 1.82) is 0 Å². The molecule has 51 heavy (non-hydrogen) atoms. The van der Waals surface area contributed by atoms with Crippen LogP contribution in [-0.4, -0.2) is 48.3 Å². The summed E-state index contributed by atoms with van der Waals surface area (Å²) in [6.45, 7) is 9.70. The van der Waals surface area contributed by atoms with Crippen LogP contribution in [0.25, 0.3) is 0 Å². The summed E-state index contributed by atoms with van der Waals surface area (Å²) in [5.74, 6) is -2.08. The van der Waals surface area contributed by atoms with E-state index in [1.54, 1.807) is 58.5 Å². The summed E-state index contributed by atoms with van der Waals surface area (Å²) >= 11 is 1.69. The lowest BCUT2D eigenvalue weighted by Gasteiger charge is -2.36. The molecule has 0 aliphatic rings. The van der Waals surface area contributed by atoms with Crippen molar-refractivity contribution in [3.63, 3.8) is 0 Å². The first kappa shape index (κ1) is 38.7. The quantitative estimate of drug-likeness (QED) is 0.0589. The van der Waals surface area contributed by atoms with Crippen LogP contribution in [0.2, 0.25) is 0 Å². The SMILES string of the molecule is CCOC(=O)C(Cc1ccc(CSC(c2ccccc2)(c2ccccc2)c2ccccc2)c(NC(=O)OC(C)(C)C)c1)(NC(C)=O)C(=O)OCC. The predicted octanol–water partition coefficient (Wildman–Crippen LogP) is 7.80. The van der Waals surface area contributed by atoms with Crippen LogP contribution in [0.15, 0.2) is 109 Å². The Bertz CT molecular complexity index is 1680. The molecule has 10 heteroatoms. The summed E-state index contributed by atoms with van der Waals surface area (Å²) in [5, 5.41) is 5.42. The smallest absolute Gasteiger partial charge is 0.412 e. The third-order valence-electron chi connectivity index (χ3n) is 7.90. The number of carbonyl (C=O) groups excluding carboxylic acids is 4. The number of rotatable bonds is 14. The molecule has 0 spiro atoms. The normalized spacial score (nSPS) is 11.6. The van der Waals surface area contributed by atoms with E-state index < -0.39 is 39.8 Å². The number of amides is 2. The van der Waals surface area contributed by atoms with Gasteiger partial charge in [-0.15, -0.1) is 11.8 Å². The highest BCUT2D eigenvalue weighted by atomic mass is 32.2. The maximum Gasteiger partial charge on any atom is 0.412 e. The molecule has 0 saturated carbocycles. The Labute approximate surface area is 304 Å². The molecule has 0 aliphatic heterocycles. The molecule has 2 amide bonds. The minimum Gasteiger partial charge on any atom is -0.464 e. The summed E-state index contributed by atoms with van der Waals surface area (Å²) in [5.41, 5.74) is 1.96. The number of anilines is 1. The molecule has 0 bridgehead atoms. The highest BCUT2D eigenvalue weighted by Crippen LogP contribution is 2.50. The fraction of sp³-hybridized carbons (Fsp3) is 0.317. The van der Waals surface area contributed by atoms with Crippen LogP contribution < -0.4 is 10.6 Å². The Kier molecular flexibility index (Phi) is 13.1. The van der Waals surface area contributed by atoms with E-state index in [1.807, 2.05) is 60.7 Å². The maximum absolute atomic E-state index is 13.4. The van der Waals surface area contributed by atoms with Crippen molar-refractivity contribution in [2.45, 2.75) is 69.6 Å². The van der Waals surface area contributed by atoms with Crippen LogP contribution in [-0.2, 0) is 45.5 Å². The van der Waals surface area contributed by atoms with Gasteiger partial charge in [0.25, 0.3) is 0 Å². The molecule has 0 saturated heterocycles. The van der Waals surface area contributed by atoms with Crippen molar-refractivity contribution in [1.82, 2.24) is 5.32 Å². The average Bonchev–Trinajstić information content (AvgIpc) is 3.09. The molecule has 0 heterocycles. The molecular weight excluding hydrogens is 665 g/mol. The van der Waals surface area contributed by atoms with Gasteiger partial charge in [0.1, 0.15) is 5.60 Å². The fourth-order valence-electron chi connectivity index (χ4n) is 5.83. The minimum atomic E-state index is -2.15. The third-order valence-corrected chi connectivity index (χ3v) is 9.50.